The summed E-state index contributed by atoms with van der Waals surface area (Å²) in [6.45, 7) is 5.06. The van der Waals surface area contributed by atoms with E-state index in [2.05, 4.69) is 10.0 Å². The average molecular weight is 433 g/mol. The molecule has 3 N–H and O–H groups in total. The predicted molar refractivity (Wildman–Crippen MR) is 109 cm³/mol. The van der Waals surface area contributed by atoms with Crippen LogP contribution in [0.25, 0.3) is 0 Å². The zero-order valence-electron chi connectivity index (χ0n) is 16.4. The molecular weight excluding hydrogens is 404 g/mol. The van der Waals surface area contributed by atoms with Crippen LogP contribution in [0.2, 0.25) is 0 Å². The van der Waals surface area contributed by atoms with Crippen molar-refractivity contribution in [2.75, 3.05) is 23.8 Å². The maximum Gasteiger partial charge on any atom is 0.227 e. The van der Waals surface area contributed by atoms with Crippen molar-refractivity contribution in [3.63, 3.8) is 0 Å². The number of carbonyl (C=O) groups excluding carboxylic acids is 1. The van der Waals surface area contributed by atoms with E-state index in [1.165, 1.54) is 6.07 Å². The minimum atomic E-state index is -3.46. The van der Waals surface area contributed by atoms with Gasteiger partial charge in [-0.05, 0) is 45.1 Å². The fourth-order valence-corrected chi connectivity index (χ4v) is 5.80. The third-order valence-electron chi connectivity index (χ3n) is 4.58. The quantitative estimate of drug-likeness (QED) is 0.564. The molecule has 0 atom stereocenters. The fourth-order valence-electron chi connectivity index (χ4n) is 3.32. The standard InChI is InChI=1S/C18H28N2O6S2/c1-12(2)20-28(24,25)9-6-19-15(22)11-18(4-7-27-8-5-18)17-16(23)14(21)10-13(3)26-17/h10,12,20,23H,4-9,11H2,1-3H3,(H,19,22). The van der Waals surface area contributed by atoms with Crippen LogP contribution in [0.3, 0.4) is 0 Å². The lowest BCUT2D eigenvalue weighted by atomic mass is 9.75. The highest BCUT2D eigenvalue weighted by Crippen LogP contribution is 2.43. The number of aryl methyl sites for hydroxylation is 1. The maximum atomic E-state index is 12.5. The van der Waals surface area contributed by atoms with E-state index in [4.69, 9.17) is 4.42 Å². The molecule has 0 bridgehead atoms. The number of thioether (sulfide) groups is 1. The molecule has 8 nitrogen and oxygen atoms in total. The highest BCUT2D eigenvalue weighted by atomic mass is 32.2. The zero-order chi connectivity index (χ0) is 20.9. The Morgan fingerprint density at radius 1 is 1.36 bits per heavy atom. The number of hydrogen-bond donors (Lipinski definition) is 3. The second kappa shape index (κ2) is 9.32. The van der Waals surface area contributed by atoms with Crippen LogP contribution in [0.1, 0.15) is 44.6 Å². The average Bonchev–Trinajstić information content (AvgIpc) is 2.57. The molecule has 1 aliphatic rings. The molecule has 0 aliphatic carbocycles. The number of aromatic hydroxyl groups is 1. The third kappa shape index (κ3) is 5.99. The number of nitrogens with one attached hydrogen (secondary N) is 2. The summed E-state index contributed by atoms with van der Waals surface area (Å²) in [5, 5.41) is 12.9. The van der Waals surface area contributed by atoms with Crippen molar-refractivity contribution in [1.82, 2.24) is 10.0 Å². The molecule has 1 aliphatic heterocycles. The molecule has 10 heteroatoms. The van der Waals surface area contributed by atoms with Gasteiger partial charge in [0.15, 0.2) is 5.76 Å². The van der Waals surface area contributed by atoms with E-state index in [1.54, 1.807) is 32.5 Å². The van der Waals surface area contributed by atoms with E-state index in [0.29, 0.717) is 18.6 Å². The Balaban J connectivity index is 2.13. The van der Waals surface area contributed by atoms with Crippen LogP contribution in [0.4, 0.5) is 0 Å². The summed E-state index contributed by atoms with van der Waals surface area (Å²) in [6.07, 6.45) is 1.18. The second-order valence-corrected chi connectivity index (χ2v) is 10.5. The Morgan fingerprint density at radius 3 is 2.61 bits per heavy atom. The van der Waals surface area contributed by atoms with Gasteiger partial charge in [-0.2, -0.15) is 11.8 Å². The topological polar surface area (TPSA) is 126 Å². The molecule has 0 unspecified atom stereocenters. The van der Waals surface area contributed by atoms with Gasteiger partial charge >= 0.3 is 0 Å². The van der Waals surface area contributed by atoms with Crippen molar-refractivity contribution in [2.24, 2.45) is 0 Å². The maximum absolute atomic E-state index is 12.5. The Kier molecular flexibility index (Phi) is 7.58. The number of rotatable bonds is 8. The first-order valence-corrected chi connectivity index (χ1v) is 12.0. The summed E-state index contributed by atoms with van der Waals surface area (Å²) < 4.78 is 31.9. The van der Waals surface area contributed by atoms with E-state index in [9.17, 15) is 23.1 Å². The van der Waals surface area contributed by atoms with Crippen LogP contribution >= 0.6 is 11.8 Å². The lowest BCUT2D eigenvalue weighted by Gasteiger charge is -2.35. The minimum absolute atomic E-state index is 0.0184. The second-order valence-electron chi connectivity index (χ2n) is 7.41. The summed E-state index contributed by atoms with van der Waals surface area (Å²) in [5.74, 6) is 1.08. The molecular formula is C18H28N2O6S2. The molecule has 0 radical (unpaired) electrons. The molecule has 1 fully saturated rings. The normalized spacial score (nSPS) is 16.9. The first-order chi connectivity index (χ1) is 13.0. The summed E-state index contributed by atoms with van der Waals surface area (Å²) in [5.41, 5.74) is -1.30. The Hall–Kier alpha value is -1.52. The zero-order valence-corrected chi connectivity index (χ0v) is 18.0. The first kappa shape index (κ1) is 22.8. The largest absolute Gasteiger partial charge is 0.502 e. The van der Waals surface area contributed by atoms with E-state index in [1.807, 2.05) is 0 Å². The molecule has 1 amide bonds. The van der Waals surface area contributed by atoms with Gasteiger partial charge in [-0.15, -0.1) is 0 Å². The van der Waals surface area contributed by atoms with Crippen molar-refractivity contribution < 1.29 is 22.7 Å². The number of sulfonamides is 1. The fraction of sp³-hybridized carbons (Fsp3) is 0.667. The van der Waals surface area contributed by atoms with Crippen molar-refractivity contribution in [3.8, 4) is 5.75 Å². The van der Waals surface area contributed by atoms with Crippen LogP contribution < -0.4 is 15.5 Å². The Morgan fingerprint density at radius 2 is 2.00 bits per heavy atom. The molecule has 158 valence electrons. The monoisotopic (exact) mass is 432 g/mol. The van der Waals surface area contributed by atoms with Crippen LogP contribution in [0.15, 0.2) is 15.3 Å². The third-order valence-corrected chi connectivity index (χ3v) is 7.14. The van der Waals surface area contributed by atoms with Crippen LogP contribution in [-0.2, 0) is 20.2 Å². The molecule has 0 spiro atoms. The smallest absolute Gasteiger partial charge is 0.227 e. The Labute approximate surface area is 169 Å². The minimum Gasteiger partial charge on any atom is -0.502 e. The van der Waals surface area contributed by atoms with Gasteiger partial charge in [0.2, 0.25) is 27.1 Å². The van der Waals surface area contributed by atoms with Gasteiger partial charge < -0.3 is 14.8 Å². The first-order valence-electron chi connectivity index (χ1n) is 9.23. The Bertz CT molecular complexity index is 857. The number of amides is 1. The lowest BCUT2D eigenvalue weighted by Crippen LogP contribution is -2.41. The van der Waals surface area contributed by atoms with E-state index in [-0.39, 0.29) is 36.4 Å². The number of hydrogen-bond acceptors (Lipinski definition) is 7. The van der Waals surface area contributed by atoms with E-state index in [0.717, 1.165) is 11.5 Å². The molecule has 0 saturated carbocycles. The predicted octanol–water partition coefficient (Wildman–Crippen LogP) is 1.25. The summed E-state index contributed by atoms with van der Waals surface area (Å²) in [4.78, 5) is 24.6. The van der Waals surface area contributed by atoms with Crippen molar-refractivity contribution in [3.05, 3.63) is 27.8 Å². The van der Waals surface area contributed by atoms with Gasteiger partial charge in [0.25, 0.3) is 0 Å². The van der Waals surface area contributed by atoms with E-state index < -0.39 is 26.6 Å². The highest BCUT2D eigenvalue weighted by molar-refractivity contribution is 7.99. The van der Waals surface area contributed by atoms with Crippen LogP contribution in [-0.4, -0.2) is 49.3 Å². The van der Waals surface area contributed by atoms with Gasteiger partial charge in [0.05, 0.1) is 5.75 Å². The molecule has 28 heavy (non-hydrogen) atoms. The molecule has 0 aromatic carbocycles. The SMILES string of the molecule is Cc1cc(=O)c(O)c(C2(CC(=O)NCCS(=O)(=O)NC(C)C)CCSCC2)o1. The van der Waals surface area contributed by atoms with Gasteiger partial charge in [-0.25, -0.2) is 13.1 Å². The molecule has 2 rings (SSSR count). The number of carbonyl (C=O) groups is 1. The van der Waals surface area contributed by atoms with Crippen LogP contribution in [0, 0.1) is 6.92 Å². The highest BCUT2D eigenvalue weighted by Gasteiger charge is 2.41. The van der Waals surface area contributed by atoms with E-state index >= 15 is 0 Å². The molecule has 2 heterocycles. The van der Waals surface area contributed by atoms with Gasteiger partial charge in [-0.1, -0.05) is 0 Å². The summed E-state index contributed by atoms with van der Waals surface area (Å²) in [6, 6.07) is 1.01. The van der Waals surface area contributed by atoms with Crippen molar-refractivity contribution >= 4 is 27.7 Å². The van der Waals surface area contributed by atoms with Crippen LogP contribution in [0.5, 0.6) is 5.75 Å². The molecule has 1 aromatic heterocycles. The summed E-state index contributed by atoms with van der Waals surface area (Å²) >= 11 is 1.74. The summed E-state index contributed by atoms with van der Waals surface area (Å²) in [7, 11) is -3.46. The van der Waals surface area contributed by atoms with Gasteiger partial charge in [-0.3, -0.25) is 9.59 Å². The van der Waals surface area contributed by atoms with Crippen molar-refractivity contribution in [2.45, 2.75) is 51.5 Å². The molecule has 1 aromatic rings. The molecule has 1 saturated heterocycles. The van der Waals surface area contributed by atoms with Gasteiger partial charge in [0, 0.05) is 30.5 Å². The van der Waals surface area contributed by atoms with Gasteiger partial charge in [0.1, 0.15) is 5.76 Å². The lowest BCUT2D eigenvalue weighted by molar-refractivity contribution is -0.122. The van der Waals surface area contributed by atoms with Crippen molar-refractivity contribution in [1.29, 1.82) is 0 Å².